The Labute approximate surface area is 124 Å². The molecule has 2 aromatic rings. The topological polar surface area (TPSA) is 34.1 Å². The second kappa shape index (κ2) is 6.29. The van der Waals surface area contributed by atoms with E-state index < -0.39 is 21.9 Å². The minimum atomic E-state index is -1.58. The lowest BCUT2D eigenvalue weighted by Gasteiger charge is -2.11. The molecule has 0 amide bonds. The molecule has 0 heterocycles. The van der Waals surface area contributed by atoms with E-state index >= 15 is 0 Å². The van der Waals surface area contributed by atoms with E-state index in [1.807, 2.05) is 0 Å². The van der Waals surface area contributed by atoms with Gasteiger partial charge in [0.1, 0.15) is 5.82 Å². The molecule has 0 N–H and O–H groups in total. The molecule has 0 aliphatic rings. The summed E-state index contributed by atoms with van der Waals surface area (Å²) in [7, 11) is -1.58. The molecule has 2 aromatic carbocycles. The van der Waals surface area contributed by atoms with Crippen LogP contribution in [0.3, 0.4) is 0 Å². The largest absolute Gasteiger partial charge is 0.293 e. The molecule has 5 heteroatoms. The molecule has 0 radical (unpaired) electrons. The maximum absolute atomic E-state index is 13.1. The highest BCUT2D eigenvalue weighted by Crippen LogP contribution is 2.21. The molecular weight excluding hydrogens is 299 g/mol. The molecule has 0 saturated heterocycles. The Morgan fingerprint density at radius 1 is 1.20 bits per heavy atom. The van der Waals surface area contributed by atoms with Crippen molar-refractivity contribution >= 4 is 28.2 Å². The van der Waals surface area contributed by atoms with Crippen LogP contribution in [0.25, 0.3) is 0 Å². The van der Waals surface area contributed by atoms with E-state index in [-0.39, 0.29) is 10.8 Å². The van der Waals surface area contributed by atoms with E-state index in [2.05, 4.69) is 0 Å². The van der Waals surface area contributed by atoms with E-state index in [4.69, 9.17) is 11.6 Å². The van der Waals surface area contributed by atoms with Crippen LogP contribution >= 0.6 is 11.6 Å². The van der Waals surface area contributed by atoms with Crippen molar-refractivity contribution in [2.24, 2.45) is 0 Å². The van der Waals surface area contributed by atoms with Crippen LogP contribution in [0.2, 0.25) is 5.02 Å². The second-order valence-electron chi connectivity index (χ2n) is 4.25. The molecule has 2 atom stereocenters. The maximum atomic E-state index is 13.1. The summed E-state index contributed by atoms with van der Waals surface area (Å²) in [6, 6.07) is 12.5. The average molecular weight is 311 g/mol. The first-order valence-corrected chi connectivity index (χ1v) is 7.54. The Hall–Kier alpha value is -1.52. The fourth-order valence-corrected chi connectivity index (χ4v) is 3.16. The highest BCUT2D eigenvalue weighted by Gasteiger charge is 2.23. The normalized spacial score (nSPS) is 13.8. The number of carbonyl (C=O) groups is 1. The smallest absolute Gasteiger partial charge is 0.178 e. The van der Waals surface area contributed by atoms with Crippen molar-refractivity contribution in [2.45, 2.75) is 17.1 Å². The van der Waals surface area contributed by atoms with Crippen molar-refractivity contribution in [3.63, 3.8) is 0 Å². The van der Waals surface area contributed by atoms with Crippen molar-refractivity contribution < 1.29 is 13.4 Å². The summed E-state index contributed by atoms with van der Waals surface area (Å²) < 4.78 is 25.4. The predicted molar refractivity (Wildman–Crippen MR) is 78.1 cm³/mol. The van der Waals surface area contributed by atoms with Gasteiger partial charge in [-0.1, -0.05) is 41.9 Å². The summed E-state index contributed by atoms with van der Waals surface area (Å²) in [5, 5.41) is -0.825. The second-order valence-corrected chi connectivity index (χ2v) is 6.43. The fraction of sp³-hybridized carbons (Fsp3) is 0.133. The third-order valence-corrected chi connectivity index (χ3v) is 4.74. The summed E-state index contributed by atoms with van der Waals surface area (Å²) in [5.74, 6) is -0.793. The van der Waals surface area contributed by atoms with Crippen LogP contribution in [-0.2, 0) is 10.8 Å². The Bertz CT molecular complexity index is 658. The molecule has 0 fully saturated rings. The van der Waals surface area contributed by atoms with Crippen molar-refractivity contribution in [2.75, 3.05) is 0 Å². The first kappa shape index (κ1) is 14.9. The van der Waals surface area contributed by atoms with Gasteiger partial charge in [-0.15, -0.1) is 0 Å². The SMILES string of the molecule is CC(C(=O)c1ccccc1)S(=O)c1ccc(F)c(Cl)c1. The number of rotatable bonds is 4. The standard InChI is InChI=1S/C15H12ClFO2S/c1-10(15(18)11-5-3-2-4-6-11)20(19)12-7-8-14(17)13(16)9-12/h2-10H,1H3. The molecule has 0 aliphatic carbocycles. The molecule has 0 spiro atoms. The van der Waals surface area contributed by atoms with Crippen LogP contribution < -0.4 is 0 Å². The first-order valence-electron chi connectivity index (χ1n) is 5.95. The van der Waals surface area contributed by atoms with E-state index in [1.165, 1.54) is 12.1 Å². The Kier molecular flexibility index (Phi) is 4.68. The minimum Gasteiger partial charge on any atom is -0.293 e. The van der Waals surface area contributed by atoms with Crippen LogP contribution in [0.1, 0.15) is 17.3 Å². The third kappa shape index (κ3) is 3.14. The molecule has 20 heavy (non-hydrogen) atoms. The molecule has 2 nitrogen and oxygen atoms in total. The lowest BCUT2D eigenvalue weighted by molar-refractivity contribution is 0.0992. The summed E-state index contributed by atoms with van der Waals surface area (Å²) in [6.45, 7) is 1.59. The van der Waals surface area contributed by atoms with Crippen LogP contribution in [0, 0.1) is 5.82 Å². The van der Waals surface area contributed by atoms with Gasteiger partial charge < -0.3 is 0 Å². The van der Waals surface area contributed by atoms with Gasteiger partial charge in [-0.2, -0.15) is 0 Å². The summed E-state index contributed by atoms with van der Waals surface area (Å²) in [5.41, 5.74) is 0.501. The van der Waals surface area contributed by atoms with Gasteiger partial charge in [-0.25, -0.2) is 4.39 Å². The zero-order chi connectivity index (χ0) is 14.7. The van der Waals surface area contributed by atoms with Crippen molar-refractivity contribution in [1.82, 2.24) is 0 Å². The lowest BCUT2D eigenvalue weighted by atomic mass is 10.1. The number of halogens is 2. The van der Waals surface area contributed by atoms with Crippen molar-refractivity contribution in [3.8, 4) is 0 Å². The number of benzene rings is 2. The third-order valence-electron chi connectivity index (χ3n) is 2.87. The zero-order valence-electron chi connectivity index (χ0n) is 10.7. The van der Waals surface area contributed by atoms with E-state index in [1.54, 1.807) is 37.3 Å². The van der Waals surface area contributed by atoms with Gasteiger partial charge >= 0.3 is 0 Å². The van der Waals surface area contributed by atoms with Crippen LogP contribution in [0.4, 0.5) is 4.39 Å². The van der Waals surface area contributed by atoms with Crippen molar-refractivity contribution in [1.29, 1.82) is 0 Å². The maximum Gasteiger partial charge on any atom is 0.178 e. The quantitative estimate of drug-likeness (QED) is 0.804. The van der Waals surface area contributed by atoms with Gasteiger partial charge in [0.05, 0.1) is 21.1 Å². The highest BCUT2D eigenvalue weighted by molar-refractivity contribution is 7.86. The van der Waals surface area contributed by atoms with Gasteiger partial charge in [0.25, 0.3) is 0 Å². The van der Waals surface area contributed by atoms with Crippen molar-refractivity contribution in [3.05, 3.63) is 64.9 Å². The summed E-state index contributed by atoms with van der Waals surface area (Å²) in [4.78, 5) is 12.6. The number of Topliss-reactive ketones (excluding diaryl/α,β-unsaturated/α-hetero) is 1. The summed E-state index contributed by atoms with van der Waals surface area (Å²) >= 11 is 5.66. The number of ketones is 1. The van der Waals surface area contributed by atoms with Gasteiger partial charge in [0.15, 0.2) is 5.78 Å². The fourth-order valence-electron chi connectivity index (χ4n) is 1.74. The van der Waals surface area contributed by atoms with Crippen LogP contribution in [0.15, 0.2) is 53.4 Å². The molecular formula is C15H12ClFO2S. The Morgan fingerprint density at radius 2 is 1.85 bits per heavy atom. The molecule has 0 aromatic heterocycles. The summed E-state index contributed by atoms with van der Waals surface area (Å²) in [6.07, 6.45) is 0. The lowest BCUT2D eigenvalue weighted by Crippen LogP contribution is -2.22. The van der Waals surface area contributed by atoms with Gasteiger partial charge in [-0.3, -0.25) is 9.00 Å². The zero-order valence-corrected chi connectivity index (χ0v) is 12.2. The molecule has 0 saturated carbocycles. The Morgan fingerprint density at radius 3 is 2.45 bits per heavy atom. The molecule has 2 unspecified atom stereocenters. The van der Waals surface area contributed by atoms with Crippen LogP contribution in [0.5, 0.6) is 0 Å². The molecule has 0 bridgehead atoms. The molecule has 0 aliphatic heterocycles. The number of hydrogen-bond donors (Lipinski definition) is 0. The Balaban J connectivity index is 2.24. The van der Waals surface area contributed by atoms with E-state index in [0.29, 0.717) is 10.5 Å². The molecule has 104 valence electrons. The van der Waals surface area contributed by atoms with Gasteiger partial charge in [0, 0.05) is 10.5 Å². The van der Waals surface area contributed by atoms with E-state index in [9.17, 15) is 13.4 Å². The molecule has 2 rings (SSSR count). The van der Waals surface area contributed by atoms with E-state index in [0.717, 1.165) is 6.07 Å². The number of carbonyl (C=O) groups excluding carboxylic acids is 1. The first-order chi connectivity index (χ1) is 9.50. The highest BCUT2D eigenvalue weighted by atomic mass is 35.5. The van der Waals surface area contributed by atoms with Gasteiger partial charge in [-0.05, 0) is 25.1 Å². The average Bonchev–Trinajstić information content (AvgIpc) is 2.48. The monoisotopic (exact) mass is 310 g/mol. The van der Waals surface area contributed by atoms with Gasteiger partial charge in [0.2, 0.25) is 0 Å². The minimum absolute atomic E-state index is 0.102. The number of hydrogen-bond acceptors (Lipinski definition) is 2. The van der Waals surface area contributed by atoms with Crippen LogP contribution in [-0.4, -0.2) is 15.2 Å². The predicted octanol–water partition coefficient (Wildman–Crippen LogP) is 3.86.